The average Bonchev–Trinajstić information content (AvgIpc) is 3.28. The van der Waals surface area contributed by atoms with Crippen LogP contribution in [0.3, 0.4) is 0 Å². The van der Waals surface area contributed by atoms with Gasteiger partial charge < -0.3 is 47.4 Å². The highest BCUT2D eigenvalue weighted by Crippen LogP contribution is 2.21. The van der Waals surface area contributed by atoms with Crippen molar-refractivity contribution in [2.75, 3.05) is 145 Å². The lowest BCUT2D eigenvalue weighted by molar-refractivity contribution is -0.0266. The maximum absolute atomic E-state index is 12.3. The van der Waals surface area contributed by atoms with Gasteiger partial charge in [0.25, 0.3) is 11.8 Å². The van der Waals surface area contributed by atoms with Gasteiger partial charge in [0.15, 0.2) is 0 Å². The van der Waals surface area contributed by atoms with Crippen molar-refractivity contribution in [1.29, 1.82) is 0 Å². The first kappa shape index (κ1) is 38.1. The zero-order valence-electron chi connectivity index (χ0n) is 25.6. The number of hydrogen-bond acceptors (Lipinski definition) is 12. The average molecular weight is 634 g/mol. The number of carbonyl (C=O) groups excluding carboxylic acids is 2. The Morgan fingerprint density at radius 1 is 0.409 bits per heavy atom. The van der Waals surface area contributed by atoms with E-state index in [-0.39, 0.29) is 31.6 Å². The van der Waals surface area contributed by atoms with E-state index in [2.05, 4.69) is 0 Å². The molecule has 1 aromatic carbocycles. The van der Waals surface area contributed by atoms with Crippen LogP contribution in [0, 0.1) is 0 Å². The third kappa shape index (κ3) is 18.0. The predicted molar refractivity (Wildman–Crippen MR) is 156 cm³/mol. The van der Waals surface area contributed by atoms with Gasteiger partial charge >= 0.3 is 0 Å². The summed E-state index contributed by atoms with van der Waals surface area (Å²) in [5, 5.41) is 0. The van der Waals surface area contributed by atoms with Gasteiger partial charge in [-0.25, -0.2) is 4.39 Å². The molecule has 252 valence electrons. The molecular weight excluding hydrogens is 585 g/mol. The Kier molecular flexibility index (Phi) is 23.6. The summed E-state index contributed by atoms with van der Waals surface area (Å²) in [6.07, 6.45) is 0. The highest BCUT2D eigenvalue weighted by molar-refractivity contribution is 6.21. The zero-order chi connectivity index (χ0) is 31.3. The monoisotopic (exact) mass is 633 g/mol. The second kappa shape index (κ2) is 27.2. The first-order valence-corrected chi connectivity index (χ1v) is 15.0. The van der Waals surface area contributed by atoms with Crippen molar-refractivity contribution >= 4 is 11.8 Å². The van der Waals surface area contributed by atoms with Crippen LogP contribution in [0.25, 0.3) is 0 Å². The molecular formula is C30H48FNO12. The molecule has 0 saturated heterocycles. The summed E-state index contributed by atoms with van der Waals surface area (Å²) in [5.41, 5.74) is 0.878. The topological polar surface area (TPSA) is 130 Å². The second-order valence-corrected chi connectivity index (χ2v) is 9.12. The van der Waals surface area contributed by atoms with Gasteiger partial charge in [-0.1, -0.05) is 12.1 Å². The van der Waals surface area contributed by atoms with Gasteiger partial charge in [0, 0.05) is 0 Å². The van der Waals surface area contributed by atoms with Crippen LogP contribution in [0.1, 0.15) is 20.7 Å². The Morgan fingerprint density at radius 2 is 0.659 bits per heavy atom. The minimum atomic E-state index is -0.481. The number of benzene rings is 1. The second-order valence-electron chi connectivity index (χ2n) is 9.12. The molecule has 0 spiro atoms. The van der Waals surface area contributed by atoms with Crippen molar-refractivity contribution in [2.24, 2.45) is 0 Å². The van der Waals surface area contributed by atoms with Crippen LogP contribution < -0.4 is 0 Å². The van der Waals surface area contributed by atoms with Crippen LogP contribution in [0.4, 0.5) is 4.39 Å². The van der Waals surface area contributed by atoms with E-state index in [9.17, 15) is 14.0 Å². The first-order chi connectivity index (χ1) is 21.8. The van der Waals surface area contributed by atoms with Crippen molar-refractivity contribution in [1.82, 2.24) is 4.90 Å². The van der Waals surface area contributed by atoms with Crippen molar-refractivity contribution in [3.8, 4) is 0 Å². The van der Waals surface area contributed by atoms with E-state index in [1.54, 1.807) is 24.3 Å². The number of fused-ring (bicyclic) bond motifs is 1. The van der Waals surface area contributed by atoms with Crippen LogP contribution in [0.5, 0.6) is 0 Å². The summed E-state index contributed by atoms with van der Waals surface area (Å²) in [6, 6.07) is 6.80. The molecule has 0 saturated carbocycles. The Morgan fingerprint density at radius 3 is 0.932 bits per heavy atom. The third-order valence-corrected chi connectivity index (χ3v) is 5.91. The van der Waals surface area contributed by atoms with Crippen LogP contribution in [0.15, 0.2) is 24.3 Å². The molecule has 0 N–H and O–H groups in total. The number of alkyl halides is 1. The molecule has 0 atom stereocenters. The summed E-state index contributed by atoms with van der Waals surface area (Å²) in [7, 11) is 0. The molecule has 0 aliphatic carbocycles. The molecule has 14 heteroatoms. The Labute approximate surface area is 259 Å². The van der Waals surface area contributed by atoms with E-state index in [0.717, 1.165) is 0 Å². The minimum absolute atomic E-state index is 0.107. The quantitative estimate of drug-likeness (QED) is 0.0841. The number of halogens is 1. The predicted octanol–water partition coefficient (Wildman–Crippen LogP) is 1.42. The lowest BCUT2D eigenvalue weighted by Crippen LogP contribution is -2.33. The van der Waals surface area contributed by atoms with Crippen LogP contribution in [-0.4, -0.2) is 162 Å². The standard InChI is InChI=1S/C30H48FNO12/c31-5-7-35-9-11-37-13-15-39-17-19-41-21-23-43-25-26-44-24-22-42-20-18-40-16-14-38-12-10-36-8-6-32-29(33)27-3-1-2-4-28(27)30(32)34/h1-4H,5-26H2. The summed E-state index contributed by atoms with van der Waals surface area (Å²) in [5.74, 6) is -0.561. The lowest BCUT2D eigenvalue weighted by atomic mass is 10.1. The maximum atomic E-state index is 12.3. The minimum Gasteiger partial charge on any atom is -0.377 e. The fourth-order valence-corrected chi connectivity index (χ4v) is 3.73. The highest BCUT2D eigenvalue weighted by Gasteiger charge is 2.34. The Balaban J connectivity index is 1.19. The number of amides is 2. The van der Waals surface area contributed by atoms with Crippen LogP contribution in [0.2, 0.25) is 0 Å². The van der Waals surface area contributed by atoms with Crippen molar-refractivity contribution in [3.05, 3.63) is 35.4 Å². The number of carbonyl (C=O) groups is 2. The van der Waals surface area contributed by atoms with E-state index in [0.29, 0.717) is 130 Å². The molecule has 2 amide bonds. The van der Waals surface area contributed by atoms with E-state index in [4.69, 9.17) is 47.4 Å². The number of rotatable bonds is 32. The number of hydrogen-bond donors (Lipinski definition) is 0. The van der Waals surface area contributed by atoms with Gasteiger partial charge in [-0.15, -0.1) is 0 Å². The van der Waals surface area contributed by atoms with E-state index < -0.39 is 6.67 Å². The summed E-state index contributed by atoms with van der Waals surface area (Å²) in [6.45, 7) is 8.21. The molecule has 1 heterocycles. The van der Waals surface area contributed by atoms with E-state index in [1.807, 2.05) is 0 Å². The van der Waals surface area contributed by atoms with Crippen molar-refractivity contribution < 1.29 is 61.3 Å². The Hall–Kier alpha value is -2.11. The van der Waals surface area contributed by atoms with Gasteiger partial charge in [0.05, 0.1) is 150 Å². The maximum Gasteiger partial charge on any atom is 0.261 e. The lowest BCUT2D eigenvalue weighted by Gasteiger charge is -2.13. The summed E-state index contributed by atoms with van der Waals surface area (Å²) >= 11 is 0. The first-order valence-electron chi connectivity index (χ1n) is 15.0. The largest absolute Gasteiger partial charge is 0.377 e. The summed E-state index contributed by atoms with van der Waals surface area (Å²) < 4.78 is 65.6. The number of ether oxygens (including phenoxy) is 10. The molecule has 0 radical (unpaired) electrons. The molecule has 1 aromatic rings. The van der Waals surface area contributed by atoms with E-state index >= 15 is 0 Å². The van der Waals surface area contributed by atoms with Crippen LogP contribution in [-0.2, 0) is 47.4 Å². The molecule has 1 aliphatic rings. The van der Waals surface area contributed by atoms with Gasteiger partial charge in [0.2, 0.25) is 0 Å². The Bertz CT molecular complexity index is 830. The fraction of sp³-hybridized carbons (Fsp3) is 0.733. The van der Waals surface area contributed by atoms with Gasteiger partial charge in [0.1, 0.15) is 6.67 Å². The molecule has 0 fully saturated rings. The molecule has 0 unspecified atom stereocenters. The summed E-state index contributed by atoms with van der Waals surface area (Å²) in [4.78, 5) is 25.8. The number of imide groups is 1. The molecule has 44 heavy (non-hydrogen) atoms. The molecule has 13 nitrogen and oxygen atoms in total. The van der Waals surface area contributed by atoms with Gasteiger partial charge in [-0.2, -0.15) is 0 Å². The smallest absolute Gasteiger partial charge is 0.261 e. The van der Waals surface area contributed by atoms with Crippen LogP contribution >= 0.6 is 0 Å². The molecule has 1 aliphatic heterocycles. The van der Waals surface area contributed by atoms with Gasteiger partial charge in [-0.3, -0.25) is 14.5 Å². The fourth-order valence-electron chi connectivity index (χ4n) is 3.73. The van der Waals surface area contributed by atoms with Crippen molar-refractivity contribution in [3.63, 3.8) is 0 Å². The van der Waals surface area contributed by atoms with E-state index in [1.165, 1.54) is 4.90 Å². The molecule has 0 aromatic heterocycles. The zero-order valence-corrected chi connectivity index (χ0v) is 25.6. The SMILES string of the molecule is O=C1c2ccccc2C(=O)N1CCOCCOCCOCCOCCOCCOCCOCCOCCOCCOCCF. The highest BCUT2D eigenvalue weighted by atomic mass is 19.1. The molecule has 0 bridgehead atoms. The number of nitrogens with zero attached hydrogens (tertiary/aromatic N) is 1. The molecule has 2 rings (SSSR count). The van der Waals surface area contributed by atoms with Gasteiger partial charge in [-0.05, 0) is 12.1 Å². The van der Waals surface area contributed by atoms with Crippen molar-refractivity contribution in [2.45, 2.75) is 0 Å². The normalized spacial score (nSPS) is 12.9. The third-order valence-electron chi connectivity index (χ3n) is 5.91.